The number of fused-ring (bicyclic) bond motifs is 1. The maximum absolute atomic E-state index is 12.3. The molecule has 0 fully saturated rings. The zero-order valence-electron chi connectivity index (χ0n) is 11.2. The fourth-order valence-corrected chi connectivity index (χ4v) is 2.52. The van der Waals surface area contributed by atoms with E-state index in [2.05, 4.69) is 13.0 Å². The SMILES string of the molecule is CC(N)CCC(=O)N1CC(C)Cc2ccccc21. The summed E-state index contributed by atoms with van der Waals surface area (Å²) in [7, 11) is 0. The van der Waals surface area contributed by atoms with Gasteiger partial charge in [-0.2, -0.15) is 0 Å². The van der Waals surface area contributed by atoms with Crippen LogP contribution in [0.4, 0.5) is 5.69 Å². The van der Waals surface area contributed by atoms with Crippen LogP contribution in [0.25, 0.3) is 0 Å². The molecule has 2 unspecified atom stereocenters. The Morgan fingerprint density at radius 3 is 2.94 bits per heavy atom. The zero-order valence-corrected chi connectivity index (χ0v) is 11.2. The second-order valence-electron chi connectivity index (χ2n) is 5.46. The maximum atomic E-state index is 12.3. The molecule has 1 amide bonds. The number of hydrogen-bond donors (Lipinski definition) is 1. The highest BCUT2D eigenvalue weighted by Crippen LogP contribution is 2.29. The van der Waals surface area contributed by atoms with Crippen LogP contribution in [0.15, 0.2) is 24.3 Å². The summed E-state index contributed by atoms with van der Waals surface area (Å²) < 4.78 is 0. The van der Waals surface area contributed by atoms with Gasteiger partial charge in [0.05, 0.1) is 0 Å². The fourth-order valence-electron chi connectivity index (χ4n) is 2.52. The molecule has 2 rings (SSSR count). The summed E-state index contributed by atoms with van der Waals surface area (Å²) in [5, 5.41) is 0. The van der Waals surface area contributed by atoms with Crippen LogP contribution in [-0.4, -0.2) is 18.5 Å². The van der Waals surface area contributed by atoms with Gasteiger partial charge in [0.1, 0.15) is 0 Å². The number of amides is 1. The van der Waals surface area contributed by atoms with E-state index in [9.17, 15) is 4.79 Å². The number of para-hydroxylation sites is 1. The molecule has 0 aromatic heterocycles. The van der Waals surface area contributed by atoms with Crippen molar-refractivity contribution < 1.29 is 4.79 Å². The largest absolute Gasteiger partial charge is 0.328 e. The number of rotatable bonds is 3. The quantitative estimate of drug-likeness (QED) is 0.889. The van der Waals surface area contributed by atoms with E-state index in [1.807, 2.05) is 30.0 Å². The van der Waals surface area contributed by atoms with E-state index in [1.165, 1.54) is 5.56 Å². The molecule has 0 bridgehead atoms. The van der Waals surface area contributed by atoms with Crippen molar-refractivity contribution in [3.8, 4) is 0 Å². The molecule has 0 saturated heterocycles. The van der Waals surface area contributed by atoms with Crippen LogP contribution in [0, 0.1) is 5.92 Å². The van der Waals surface area contributed by atoms with E-state index in [0.717, 1.165) is 25.1 Å². The third kappa shape index (κ3) is 2.91. The molecule has 1 aliphatic heterocycles. The topological polar surface area (TPSA) is 46.3 Å². The standard InChI is InChI=1S/C15H22N2O/c1-11-9-13-5-3-4-6-14(13)17(10-11)15(18)8-7-12(2)16/h3-6,11-12H,7-10,16H2,1-2H3. The van der Waals surface area contributed by atoms with Crippen LogP contribution >= 0.6 is 0 Å². The number of nitrogens with zero attached hydrogens (tertiary/aromatic N) is 1. The lowest BCUT2D eigenvalue weighted by Crippen LogP contribution is -2.39. The number of carbonyl (C=O) groups excluding carboxylic acids is 1. The van der Waals surface area contributed by atoms with Crippen LogP contribution < -0.4 is 10.6 Å². The minimum atomic E-state index is 0.0893. The molecule has 98 valence electrons. The molecule has 0 aliphatic carbocycles. The molecule has 2 atom stereocenters. The van der Waals surface area contributed by atoms with Gasteiger partial charge in [0.25, 0.3) is 0 Å². The summed E-state index contributed by atoms with van der Waals surface area (Å²) >= 11 is 0. The highest BCUT2D eigenvalue weighted by molar-refractivity contribution is 5.94. The third-order valence-corrected chi connectivity index (χ3v) is 3.46. The van der Waals surface area contributed by atoms with Gasteiger partial charge in [0.15, 0.2) is 0 Å². The molecule has 0 saturated carbocycles. The number of hydrogen-bond acceptors (Lipinski definition) is 2. The first-order valence-corrected chi connectivity index (χ1v) is 6.71. The predicted molar refractivity (Wildman–Crippen MR) is 74.5 cm³/mol. The van der Waals surface area contributed by atoms with Crippen molar-refractivity contribution in [3.63, 3.8) is 0 Å². The molecule has 0 radical (unpaired) electrons. The van der Waals surface area contributed by atoms with E-state index in [4.69, 9.17) is 5.73 Å². The number of anilines is 1. The molecule has 3 nitrogen and oxygen atoms in total. The van der Waals surface area contributed by atoms with Gasteiger partial charge >= 0.3 is 0 Å². The molecule has 3 heteroatoms. The first-order valence-electron chi connectivity index (χ1n) is 6.71. The average Bonchev–Trinajstić information content (AvgIpc) is 2.34. The van der Waals surface area contributed by atoms with Gasteiger partial charge < -0.3 is 10.6 Å². The van der Waals surface area contributed by atoms with Crippen LogP contribution in [-0.2, 0) is 11.2 Å². The van der Waals surface area contributed by atoms with E-state index in [1.54, 1.807) is 0 Å². The Hall–Kier alpha value is -1.35. The van der Waals surface area contributed by atoms with Gasteiger partial charge in [-0.05, 0) is 37.3 Å². The molecule has 18 heavy (non-hydrogen) atoms. The van der Waals surface area contributed by atoms with Gasteiger partial charge in [-0.15, -0.1) is 0 Å². The van der Waals surface area contributed by atoms with Crippen molar-refractivity contribution >= 4 is 11.6 Å². The summed E-state index contributed by atoms with van der Waals surface area (Å²) in [4.78, 5) is 14.2. The smallest absolute Gasteiger partial charge is 0.227 e. The second-order valence-corrected chi connectivity index (χ2v) is 5.46. The van der Waals surface area contributed by atoms with Crippen molar-refractivity contribution in [2.45, 2.75) is 39.2 Å². The average molecular weight is 246 g/mol. The third-order valence-electron chi connectivity index (χ3n) is 3.46. The summed E-state index contributed by atoms with van der Waals surface area (Å²) in [5.41, 5.74) is 8.09. The Morgan fingerprint density at radius 2 is 2.22 bits per heavy atom. The molecule has 1 aliphatic rings. The Bertz CT molecular complexity index is 428. The molecular formula is C15H22N2O. The second kappa shape index (κ2) is 5.53. The van der Waals surface area contributed by atoms with Crippen molar-refractivity contribution in [1.29, 1.82) is 0 Å². The van der Waals surface area contributed by atoms with Gasteiger partial charge in [0, 0.05) is 24.7 Å². The Balaban J connectivity index is 2.15. The fraction of sp³-hybridized carbons (Fsp3) is 0.533. The Morgan fingerprint density at radius 1 is 1.50 bits per heavy atom. The lowest BCUT2D eigenvalue weighted by atomic mass is 9.93. The van der Waals surface area contributed by atoms with Crippen LogP contribution in [0.3, 0.4) is 0 Å². The minimum absolute atomic E-state index is 0.0893. The summed E-state index contributed by atoms with van der Waals surface area (Å²) in [6.07, 6.45) is 2.36. The predicted octanol–water partition coefficient (Wildman–Crippen LogP) is 2.34. The van der Waals surface area contributed by atoms with Crippen molar-refractivity contribution in [3.05, 3.63) is 29.8 Å². The molecule has 1 aromatic rings. The molecule has 1 heterocycles. The van der Waals surface area contributed by atoms with Gasteiger partial charge in [-0.3, -0.25) is 4.79 Å². The molecule has 2 N–H and O–H groups in total. The lowest BCUT2D eigenvalue weighted by molar-refractivity contribution is -0.119. The van der Waals surface area contributed by atoms with Crippen LogP contribution in [0.1, 0.15) is 32.3 Å². The van der Waals surface area contributed by atoms with Gasteiger partial charge in [0.2, 0.25) is 5.91 Å². The van der Waals surface area contributed by atoms with Crippen LogP contribution in [0.2, 0.25) is 0 Å². The zero-order chi connectivity index (χ0) is 13.1. The van der Waals surface area contributed by atoms with Gasteiger partial charge in [-0.1, -0.05) is 25.1 Å². The van der Waals surface area contributed by atoms with E-state index >= 15 is 0 Å². The van der Waals surface area contributed by atoms with Crippen molar-refractivity contribution in [1.82, 2.24) is 0 Å². The monoisotopic (exact) mass is 246 g/mol. The van der Waals surface area contributed by atoms with Crippen molar-refractivity contribution in [2.24, 2.45) is 11.7 Å². The Labute approximate surface area is 109 Å². The number of nitrogens with two attached hydrogens (primary N) is 1. The molecule has 1 aromatic carbocycles. The summed E-state index contributed by atoms with van der Waals surface area (Å²) in [6.45, 7) is 4.97. The normalized spacial score (nSPS) is 20.4. The first-order chi connectivity index (χ1) is 8.58. The number of benzene rings is 1. The lowest BCUT2D eigenvalue weighted by Gasteiger charge is -2.33. The molecular weight excluding hydrogens is 224 g/mol. The highest BCUT2D eigenvalue weighted by Gasteiger charge is 2.25. The van der Waals surface area contributed by atoms with E-state index < -0.39 is 0 Å². The highest BCUT2D eigenvalue weighted by atomic mass is 16.2. The van der Waals surface area contributed by atoms with E-state index in [0.29, 0.717) is 12.3 Å². The minimum Gasteiger partial charge on any atom is -0.328 e. The maximum Gasteiger partial charge on any atom is 0.227 e. The van der Waals surface area contributed by atoms with Crippen LogP contribution in [0.5, 0.6) is 0 Å². The number of carbonyl (C=O) groups is 1. The van der Waals surface area contributed by atoms with Crippen molar-refractivity contribution in [2.75, 3.05) is 11.4 Å². The summed E-state index contributed by atoms with van der Waals surface area (Å²) in [5.74, 6) is 0.727. The van der Waals surface area contributed by atoms with Gasteiger partial charge in [-0.25, -0.2) is 0 Å². The summed E-state index contributed by atoms with van der Waals surface area (Å²) in [6, 6.07) is 8.30. The van der Waals surface area contributed by atoms with E-state index in [-0.39, 0.29) is 11.9 Å². The molecule has 0 spiro atoms. The first kappa shape index (κ1) is 13.1. The Kier molecular flexibility index (Phi) is 4.02.